The van der Waals surface area contributed by atoms with Crippen LogP contribution in [0.3, 0.4) is 0 Å². The summed E-state index contributed by atoms with van der Waals surface area (Å²) < 4.78 is 1.02. The van der Waals surface area contributed by atoms with Gasteiger partial charge in [-0.15, -0.1) is 11.3 Å². The van der Waals surface area contributed by atoms with Crippen molar-refractivity contribution < 1.29 is 5.11 Å². The van der Waals surface area contributed by atoms with Crippen molar-refractivity contribution in [1.29, 1.82) is 0 Å². The summed E-state index contributed by atoms with van der Waals surface area (Å²) in [7, 11) is 0. The van der Waals surface area contributed by atoms with E-state index < -0.39 is 6.10 Å². The molecular formula is C12H10BrClOS. The molecule has 1 heterocycles. The summed E-state index contributed by atoms with van der Waals surface area (Å²) in [6, 6.07) is 9.45. The van der Waals surface area contributed by atoms with Crippen molar-refractivity contribution >= 4 is 38.9 Å². The fourth-order valence-electron chi connectivity index (χ4n) is 1.48. The molecule has 84 valence electrons. The first-order chi connectivity index (χ1) is 7.58. The van der Waals surface area contributed by atoms with Gasteiger partial charge in [0, 0.05) is 9.90 Å². The van der Waals surface area contributed by atoms with Crippen LogP contribution in [0.1, 0.15) is 22.1 Å². The highest BCUT2D eigenvalue weighted by Gasteiger charge is 2.13. The molecule has 0 aliphatic rings. The van der Waals surface area contributed by atoms with Crippen molar-refractivity contribution in [3.8, 4) is 0 Å². The Hall–Kier alpha value is -0.350. The number of aliphatic hydroxyl groups is 1. The lowest BCUT2D eigenvalue weighted by Gasteiger charge is -2.10. The minimum Gasteiger partial charge on any atom is -0.383 e. The van der Waals surface area contributed by atoms with E-state index in [0.29, 0.717) is 0 Å². The van der Waals surface area contributed by atoms with Crippen molar-refractivity contribution in [2.75, 3.05) is 0 Å². The summed E-state index contributed by atoms with van der Waals surface area (Å²) in [6.07, 6.45) is -0.577. The Balaban J connectivity index is 2.33. The van der Waals surface area contributed by atoms with Gasteiger partial charge >= 0.3 is 0 Å². The molecule has 0 aliphatic heterocycles. The molecule has 0 radical (unpaired) electrons. The molecule has 0 bridgehead atoms. The van der Waals surface area contributed by atoms with Gasteiger partial charge in [0.2, 0.25) is 0 Å². The van der Waals surface area contributed by atoms with Gasteiger partial charge < -0.3 is 5.11 Å². The first kappa shape index (κ1) is 12.1. The molecule has 0 fully saturated rings. The number of halogens is 2. The predicted octanol–water partition coefficient (Wildman–Crippen LogP) is 4.55. The van der Waals surface area contributed by atoms with E-state index in [-0.39, 0.29) is 0 Å². The second kappa shape index (κ2) is 4.88. The molecule has 0 saturated heterocycles. The average Bonchev–Trinajstić information content (AvgIpc) is 2.68. The lowest BCUT2D eigenvalue weighted by molar-refractivity contribution is 0.224. The van der Waals surface area contributed by atoms with Crippen molar-refractivity contribution in [3.63, 3.8) is 0 Å². The zero-order chi connectivity index (χ0) is 11.7. The number of aliphatic hydroxyl groups excluding tert-OH is 1. The van der Waals surface area contributed by atoms with Gasteiger partial charge in [-0.25, -0.2) is 0 Å². The molecule has 0 saturated carbocycles. The topological polar surface area (TPSA) is 20.2 Å². The van der Waals surface area contributed by atoms with E-state index in [9.17, 15) is 5.11 Å². The maximum absolute atomic E-state index is 10.2. The van der Waals surface area contributed by atoms with Crippen LogP contribution in [0.5, 0.6) is 0 Å². The van der Waals surface area contributed by atoms with E-state index in [4.69, 9.17) is 11.6 Å². The van der Waals surface area contributed by atoms with Gasteiger partial charge in [-0.3, -0.25) is 0 Å². The lowest BCUT2D eigenvalue weighted by Crippen LogP contribution is -1.97. The summed E-state index contributed by atoms with van der Waals surface area (Å²) in [4.78, 5) is 0.925. The standard InChI is InChI=1S/C12H10BrClOS/c1-7-6-8(2-3-9(7)14)12(15)10-4-5-11(13)16-10/h2-6,12,15H,1H3. The van der Waals surface area contributed by atoms with E-state index in [0.717, 1.165) is 24.8 Å². The van der Waals surface area contributed by atoms with Gasteiger partial charge in [-0.1, -0.05) is 23.7 Å². The third-order valence-corrected chi connectivity index (χ3v) is 4.46. The first-order valence-electron chi connectivity index (χ1n) is 4.77. The maximum Gasteiger partial charge on any atom is 0.113 e. The first-order valence-corrected chi connectivity index (χ1v) is 6.76. The highest BCUT2D eigenvalue weighted by molar-refractivity contribution is 9.11. The normalized spacial score (nSPS) is 12.8. The van der Waals surface area contributed by atoms with Gasteiger partial charge in [0.1, 0.15) is 6.10 Å². The predicted molar refractivity (Wildman–Crippen MR) is 72.3 cm³/mol. The van der Waals surface area contributed by atoms with Gasteiger partial charge in [0.15, 0.2) is 0 Å². The van der Waals surface area contributed by atoms with Crippen LogP contribution in [0.25, 0.3) is 0 Å². The molecule has 1 N–H and O–H groups in total. The van der Waals surface area contributed by atoms with Crippen LogP contribution >= 0.6 is 38.9 Å². The Bertz CT molecular complexity index is 509. The SMILES string of the molecule is Cc1cc(C(O)c2ccc(Br)s2)ccc1Cl. The highest BCUT2D eigenvalue weighted by atomic mass is 79.9. The third-order valence-electron chi connectivity index (χ3n) is 2.36. The van der Waals surface area contributed by atoms with E-state index in [1.807, 2.05) is 37.3 Å². The summed E-state index contributed by atoms with van der Waals surface area (Å²) in [5, 5.41) is 10.9. The number of thiophene rings is 1. The molecule has 0 spiro atoms. The zero-order valence-corrected chi connectivity index (χ0v) is 11.7. The second-order valence-electron chi connectivity index (χ2n) is 3.55. The van der Waals surface area contributed by atoms with Crippen LogP contribution in [-0.2, 0) is 0 Å². The van der Waals surface area contributed by atoms with Crippen LogP contribution in [0.4, 0.5) is 0 Å². The second-order valence-corrected chi connectivity index (χ2v) is 6.45. The number of hydrogen-bond donors (Lipinski definition) is 1. The van der Waals surface area contributed by atoms with Gasteiger partial charge in [-0.05, 0) is 52.2 Å². The van der Waals surface area contributed by atoms with Crippen molar-refractivity contribution in [3.05, 3.63) is 55.1 Å². The summed E-state index contributed by atoms with van der Waals surface area (Å²) >= 11 is 10.9. The molecule has 1 aromatic carbocycles. The molecule has 1 unspecified atom stereocenters. The van der Waals surface area contributed by atoms with Crippen LogP contribution in [0, 0.1) is 6.92 Å². The monoisotopic (exact) mass is 316 g/mol. The number of rotatable bonds is 2. The van der Waals surface area contributed by atoms with Crippen molar-refractivity contribution in [2.45, 2.75) is 13.0 Å². The summed E-state index contributed by atoms with van der Waals surface area (Å²) in [5.41, 5.74) is 1.85. The number of benzene rings is 1. The molecule has 2 aromatic rings. The molecule has 4 heteroatoms. The molecule has 16 heavy (non-hydrogen) atoms. The van der Waals surface area contributed by atoms with Gasteiger partial charge in [0.05, 0.1) is 3.79 Å². The van der Waals surface area contributed by atoms with E-state index >= 15 is 0 Å². The van der Waals surface area contributed by atoms with Crippen LogP contribution < -0.4 is 0 Å². The van der Waals surface area contributed by atoms with E-state index in [2.05, 4.69) is 15.9 Å². The van der Waals surface area contributed by atoms with Gasteiger partial charge in [0.25, 0.3) is 0 Å². The Kier molecular flexibility index (Phi) is 3.70. The fourth-order valence-corrected chi connectivity index (χ4v) is 3.03. The molecule has 2 rings (SSSR count). The van der Waals surface area contributed by atoms with Crippen LogP contribution in [-0.4, -0.2) is 5.11 Å². The molecule has 0 amide bonds. The number of aryl methyl sites for hydroxylation is 1. The van der Waals surface area contributed by atoms with Crippen LogP contribution in [0.15, 0.2) is 34.1 Å². The van der Waals surface area contributed by atoms with Gasteiger partial charge in [-0.2, -0.15) is 0 Å². The smallest absolute Gasteiger partial charge is 0.113 e. The largest absolute Gasteiger partial charge is 0.383 e. The Morgan fingerprint density at radius 3 is 2.62 bits per heavy atom. The molecular weight excluding hydrogens is 308 g/mol. The summed E-state index contributed by atoms with van der Waals surface area (Å²) in [5.74, 6) is 0. The molecule has 1 atom stereocenters. The minimum atomic E-state index is -0.577. The zero-order valence-electron chi connectivity index (χ0n) is 8.58. The molecule has 1 aromatic heterocycles. The third kappa shape index (κ3) is 2.48. The molecule has 0 aliphatic carbocycles. The minimum absolute atomic E-state index is 0.577. The van der Waals surface area contributed by atoms with Crippen molar-refractivity contribution in [1.82, 2.24) is 0 Å². The number of hydrogen-bond acceptors (Lipinski definition) is 2. The van der Waals surface area contributed by atoms with E-state index in [1.54, 1.807) is 0 Å². The average molecular weight is 318 g/mol. The fraction of sp³-hybridized carbons (Fsp3) is 0.167. The highest BCUT2D eigenvalue weighted by Crippen LogP contribution is 2.32. The van der Waals surface area contributed by atoms with Crippen LogP contribution in [0.2, 0.25) is 5.02 Å². The Morgan fingerprint density at radius 1 is 1.31 bits per heavy atom. The Morgan fingerprint density at radius 2 is 2.06 bits per heavy atom. The Labute approximate surface area is 112 Å². The van der Waals surface area contributed by atoms with Crippen molar-refractivity contribution in [2.24, 2.45) is 0 Å². The lowest BCUT2D eigenvalue weighted by atomic mass is 10.1. The molecule has 1 nitrogen and oxygen atoms in total. The maximum atomic E-state index is 10.2. The van der Waals surface area contributed by atoms with E-state index in [1.165, 1.54) is 11.3 Å². The summed E-state index contributed by atoms with van der Waals surface area (Å²) in [6.45, 7) is 1.93. The quantitative estimate of drug-likeness (QED) is 0.861.